The van der Waals surface area contributed by atoms with Gasteiger partial charge in [0, 0.05) is 37.6 Å². The highest BCUT2D eigenvalue weighted by atomic mass is 15.2. The van der Waals surface area contributed by atoms with Gasteiger partial charge >= 0.3 is 0 Å². The van der Waals surface area contributed by atoms with E-state index in [-0.39, 0.29) is 0 Å². The summed E-state index contributed by atoms with van der Waals surface area (Å²) in [4.78, 5) is 11.1. The lowest BCUT2D eigenvalue weighted by Crippen LogP contribution is -2.27. The van der Waals surface area contributed by atoms with Gasteiger partial charge in [-0.15, -0.1) is 0 Å². The molecule has 0 spiro atoms. The third kappa shape index (κ3) is 4.69. The fraction of sp³-hybridized carbons (Fsp3) is 0.692. The van der Waals surface area contributed by atoms with Gasteiger partial charge in [-0.2, -0.15) is 0 Å². The van der Waals surface area contributed by atoms with E-state index in [1.807, 2.05) is 12.4 Å². The summed E-state index contributed by atoms with van der Waals surface area (Å²) in [6, 6.07) is 0. The van der Waals surface area contributed by atoms with Crippen LogP contribution in [-0.2, 0) is 6.54 Å². The molecule has 0 aliphatic heterocycles. The summed E-state index contributed by atoms with van der Waals surface area (Å²) in [5, 5.41) is 3.27. The van der Waals surface area contributed by atoms with Gasteiger partial charge in [-0.3, -0.25) is 0 Å². The van der Waals surface area contributed by atoms with Crippen molar-refractivity contribution in [2.24, 2.45) is 0 Å². The Morgan fingerprint density at radius 2 is 1.65 bits per heavy atom. The second kappa shape index (κ2) is 8.01. The van der Waals surface area contributed by atoms with Crippen LogP contribution in [0.5, 0.6) is 0 Å². The van der Waals surface area contributed by atoms with Crippen LogP contribution in [0.2, 0.25) is 0 Å². The molecular weight excluding hydrogens is 212 g/mol. The first-order valence-electron chi connectivity index (χ1n) is 6.58. The lowest BCUT2D eigenvalue weighted by molar-refractivity contribution is 0.705. The van der Waals surface area contributed by atoms with Crippen LogP contribution in [-0.4, -0.2) is 29.6 Å². The van der Waals surface area contributed by atoms with E-state index in [0.29, 0.717) is 0 Å². The van der Waals surface area contributed by atoms with Gasteiger partial charge in [0.1, 0.15) is 0 Å². The van der Waals surface area contributed by atoms with Crippen LogP contribution in [0.25, 0.3) is 0 Å². The summed E-state index contributed by atoms with van der Waals surface area (Å²) in [7, 11) is 0. The monoisotopic (exact) mass is 236 g/mol. The molecule has 1 heterocycles. The van der Waals surface area contributed by atoms with Crippen molar-refractivity contribution >= 4 is 5.95 Å². The molecule has 4 nitrogen and oxygen atoms in total. The van der Waals surface area contributed by atoms with E-state index in [0.717, 1.165) is 50.5 Å². The number of nitrogens with zero attached hydrogens (tertiary/aromatic N) is 3. The van der Waals surface area contributed by atoms with E-state index >= 15 is 0 Å². The van der Waals surface area contributed by atoms with Crippen molar-refractivity contribution in [2.45, 2.75) is 40.2 Å². The van der Waals surface area contributed by atoms with Crippen LogP contribution in [0.4, 0.5) is 5.95 Å². The molecule has 0 aliphatic rings. The molecule has 0 saturated heterocycles. The van der Waals surface area contributed by atoms with Crippen LogP contribution < -0.4 is 10.2 Å². The lowest BCUT2D eigenvalue weighted by Gasteiger charge is -2.21. The molecule has 0 aromatic carbocycles. The van der Waals surface area contributed by atoms with Gasteiger partial charge in [-0.1, -0.05) is 20.8 Å². The highest BCUT2D eigenvalue weighted by Gasteiger charge is 2.06. The van der Waals surface area contributed by atoms with Crippen molar-refractivity contribution in [3.05, 3.63) is 18.0 Å². The fourth-order valence-corrected chi connectivity index (χ4v) is 1.72. The number of anilines is 1. The average Bonchev–Trinajstić information content (AvgIpc) is 2.37. The molecule has 0 unspecified atom stereocenters. The van der Waals surface area contributed by atoms with Crippen molar-refractivity contribution in [3.63, 3.8) is 0 Å². The lowest BCUT2D eigenvalue weighted by atomic mass is 10.3. The van der Waals surface area contributed by atoms with Gasteiger partial charge in [0.15, 0.2) is 0 Å². The summed E-state index contributed by atoms with van der Waals surface area (Å²) >= 11 is 0. The maximum absolute atomic E-state index is 4.44. The zero-order valence-electron chi connectivity index (χ0n) is 11.2. The van der Waals surface area contributed by atoms with Gasteiger partial charge in [-0.05, 0) is 19.4 Å². The molecule has 1 aromatic rings. The summed E-state index contributed by atoms with van der Waals surface area (Å²) in [5.41, 5.74) is 1.14. The number of rotatable bonds is 8. The van der Waals surface area contributed by atoms with Crippen molar-refractivity contribution in [2.75, 3.05) is 24.5 Å². The Bertz CT molecular complexity index is 291. The number of hydrogen-bond acceptors (Lipinski definition) is 4. The minimum atomic E-state index is 0.846. The van der Waals surface area contributed by atoms with Gasteiger partial charge in [0.25, 0.3) is 0 Å². The Morgan fingerprint density at radius 3 is 2.12 bits per heavy atom. The first-order chi connectivity index (χ1) is 8.31. The van der Waals surface area contributed by atoms with Gasteiger partial charge in [0.2, 0.25) is 5.95 Å². The first-order valence-corrected chi connectivity index (χ1v) is 6.58. The number of aromatic nitrogens is 2. The van der Waals surface area contributed by atoms with Crippen LogP contribution >= 0.6 is 0 Å². The predicted octanol–water partition coefficient (Wildman–Crippen LogP) is 2.21. The highest BCUT2D eigenvalue weighted by molar-refractivity contribution is 5.29. The van der Waals surface area contributed by atoms with Gasteiger partial charge < -0.3 is 10.2 Å². The first kappa shape index (κ1) is 13.9. The molecule has 0 saturated carbocycles. The number of nitrogens with one attached hydrogen (secondary N) is 1. The van der Waals surface area contributed by atoms with E-state index in [1.165, 1.54) is 0 Å². The molecule has 0 fully saturated rings. The largest absolute Gasteiger partial charge is 0.341 e. The van der Waals surface area contributed by atoms with E-state index in [1.54, 1.807) is 0 Å². The standard InChI is InChI=1S/C13H24N4/c1-4-7-17(8-5-2)13-15-10-12(11-16-13)9-14-6-3/h10-11,14H,4-9H2,1-3H3. The van der Waals surface area contributed by atoms with Crippen molar-refractivity contribution in [1.29, 1.82) is 0 Å². The molecule has 0 aliphatic carbocycles. The molecule has 0 radical (unpaired) electrons. The Labute approximate surface area is 104 Å². The third-order valence-electron chi connectivity index (χ3n) is 2.54. The normalized spacial score (nSPS) is 10.5. The van der Waals surface area contributed by atoms with Crippen LogP contribution in [0.3, 0.4) is 0 Å². The summed E-state index contributed by atoms with van der Waals surface area (Å²) in [6.45, 7) is 10.3. The average molecular weight is 236 g/mol. The van der Waals surface area contributed by atoms with Crippen molar-refractivity contribution < 1.29 is 0 Å². The maximum atomic E-state index is 4.44. The topological polar surface area (TPSA) is 41.1 Å². The van der Waals surface area contributed by atoms with E-state index < -0.39 is 0 Å². The Morgan fingerprint density at radius 1 is 1.06 bits per heavy atom. The fourth-order valence-electron chi connectivity index (χ4n) is 1.72. The molecule has 0 bridgehead atoms. The Hall–Kier alpha value is -1.16. The highest BCUT2D eigenvalue weighted by Crippen LogP contribution is 2.08. The second-order valence-corrected chi connectivity index (χ2v) is 4.16. The van der Waals surface area contributed by atoms with Crippen LogP contribution in [0.1, 0.15) is 39.2 Å². The summed E-state index contributed by atoms with van der Waals surface area (Å²) in [5.74, 6) is 0.856. The molecule has 96 valence electrons. The van der Waals surface area contributed by atoms with Crippen molar-refractivity contribution in [1.82, 2.24) is 15.3 Å². The minimum absolute atomic E-state index is 0.846. The SMILES string of the molecule is CCCN(CCC)c1ncc(CNCC)cn1. The quantitative estimate of drug-likeness (QED) is 0.751. The Kier molecular flexibility index (Phi) is 6.55. The zero-order valence-corrected chi connectivity index (χ0v) is 11.2. The molecular formula is C13H24N4. The molecule has 4 heteroatoms. The summed E-state index contributed by atoms with van der Waals surface area (Å²) in [6.07, 6.45) is 6.09. The summed E-state index contributed by atoms with van der Waals surface area (Å²) < 4.78 is 0. The van der Waals surface area contributed by atoms with E-state index in [2.05, 4.69) is 41.0 Å². The predicted molar refractivity (Wildman–Crippen MR) is 72.2 cm³/mol. The van der Waals surface area contributed by atoms with Gasteiger partial charge in [0.05, 0.1) is 0 Å². The Balaban J connectivity index is 2.63. The zero-order chi connectivity index (χ0) is 12.5. The second-order valence-electron chi connectivity index (χ2n) is 4.16. The van der Waals surface area contributed by atoms with Crippen LogP contribution in [0, 0.1) is 0 Å². The number of hydrogen-bond donors (Lipinski definition) is 1. The molecule has 1 rings (SSSR count). The minimum Gasteiger partial charge on any atom is -0.341 e. The maximum Gasteiger partial charge on any atom is 0.225 e. The molecule has 1 N–H and O–H groups in total. The van der Waals surface area contributed by atoms with Gasteiger partial charge in [-0.25, -0.2) is 9.97 Å². The molecule has 0 atom stereocenters. The third-order valence-corrected chi connectivity index (χ3v) is 2.54. The smallest absolute Gasteiger partial charge is 0.225 e. The van der Waals surface area contributed by atoms with E-state index in [9.17, 15) is 0 Å². The molecule has 0 amide bonds. The van der Waals surface area contributed by atoms with Crippen molar-refractivity contribution in [3.8, 4) is 0 Å². The molecule has 1 aromatic heterocycles. The molecule has 17 heavy (non-hydrogen) atoms. The van der Waals surface area contributed by atoms with Crippen LogP contribution in [0.15, 0.2) is 12.4 Å². The van der Waals surface area contributed by atoms with E-state index in [4.69, 9.17) is 0 Å².